The molecular weight excluding hydrogens is 386 g/mol. The van der Waals surface area contributed by atoms with E-state index in [1.807, 2.05) is 43.3 Å². The molecule has 0 radical (unpaired) electrons. The van der Waals surface area contributed by atoms with Crippen LogP contribution in [0.5, 0.6) is 17.2 Å². The van der Waals surface area contributed by atoms with Crippen molar-refractivity contribution in [3.63, 3.8) is 0 Å². The minimum Gasteiger partial charge on any atom is -0.497 e. The first-order valence-electron chi connectivity index (χ1n) is 9.77. The molecule has 0 spiro atoms. The molecule has 2 rings (SSSR count). The Morgan fingerprint density at radius 3 is 2.13 bits per heavy atom. The van der Waals surface area contributed by atoms with E-state index in [9.17, 15) is 9.59 Å². The largest absolute Gasteiger partial charge is 0.497 e. The van der Waals surface area contributed by atoms with Crippen molar-refractivity contribution in [3.05, 3.63) is 53.6 Å². The lowest BCUT2D eigenvalue weighted by Crippen LogP contribution is -2.34. The standard InChI is InChI=1S/C23H29NO6/c1-5-24(15-18-8-12-20(28-3)21(14-18)29-4)22(25)16-30-23(26)13-9-17-6-10-19(27-2)11-7-17/h6-8,10-12,14H,5,9,13,15-16H2,1-4H3. The number of benzene rings is 2. The monoisotopic (exact) mass is 415 g/mol. The van der Waals surface area contributed by atoms with Crippen LogP contribution in [0, 0.1) is 0 Å². The molecule has 0 unspecified atom stereocenters. The highest BCUT2D eigenvalue weighted by molar-refractivity contribution is 5.80. The van der Waals surface area contributed by atoms with E-state index in [1.54, 1.807) is 32.3 Å². The molecule has 0 bridgehead atoms. The van der Waals surface area contributed by atoms with Crippen LogP contribution in [0.2, 0.25) is 0 Å². The van der Waals surface area contributed by atoms with Gasteiger partial charge in [-0.15, -0.1) is 0 Å². The van der Waals surface area contributed by atoms with Gasteiger partial charge >= 0.3 is 5.97 Å². The van der Waals surface area contributed by atoms with Gasteiger partial charge in [-0.1, -0.05) is 18.2 Å². The van der Waals surface area contributed by atoms with E-state index >= 15 is 0 Å². The highest BCUT2D eigenvalue weighted by atomic mass is 16.5. The third kappa shape index (κ3) is 6.69. The Morgan fingerprint density at radius 1 is 0.867 bits per heavy atom. The van der Waals surface area contributed by atoms with E-state index in [0.29, 0.717) is 31.0 Å². The average Bonchev–Trinajstić information content (AvgIpc) is 2.79. The molecule has 162 valence electrons. The smallest absolute Gasteiger partial charge is 0.306 e. The van der Waals surface area contributed by atoms with Crippen LogP contribution in [0.3, 0.4) is 0 Å². The van der Waals surface area contributed by atoms with Crippen molar-refractivity contribution in [1.82, 2.24) is 4.90 Å². The van der Waals surface area contributed by atoms with E-state index < -0.39 is 5.97 Å². The number of ether oxygens (including phenoxy) is 4. The number of rotatable bonds is 11. The number of esters is 1. The number of carbonyl (C=O) groups is 2. The van der Waals surface area contributed by atoms with Crippen LogP contribution < -0.4 is 14.2 Å². The Morgan fingerprint density at radius 2 is 1.53 bits per heavy atom. The Kier molecular flexibility index (Phi) is 9.00. The molecular formula is C23H29NO6. The molecule has 7 nitrogen and oxygen atoms in total. The molecule has 0 saturated carbocycles. The Bertz CT molecular complexity index is 834. The molecule has 0 N–H and O–H groups in total. The average molecular weight is 415 g/mol. The third-order valence-electron chi connectivity index (χ3n) is 4.69. The number of carbonyl (C=O) groups excluding carboxylic acids is 2. The Hall–Kier alpha value is -3.22. The lowest BCUT2D eigenvalue weighted by molar-refractivity contribution is -0.152. The summed E-state index contributed by atoms with van der Waals surface area (Å²) in [7, 11) is 4.74. The summed E-state index contributed by atoms with van der Waals surface area (Å²) in [5.41, 5.74) is 1.90. The summed E-state index contributed by atoms with van der Waals surface area (Å²) in [5, 5.41) is 0. The molecule has 2 aromatic carbocycles. The minimum absolute atomic E-state index is 0.210. The highest BCUT2D eigenvalue weighted by Crippen LogP contribution is 2.28. The van der Waals surface area contributed by atoms with Gasteiger partial charge in [0.1, 0.15) is 5.75 Å². The Labute approximate surface area is 177 Å². The summed E-state index contributed by atoms with van der Waals surface area (Å²) < 4.78 is 20.8. The summed E-state index contributed by atoms with van der Waals surface area (Å²) in [6, 6.07) is 13.0. The van der Waals surface area contributed by atoms with Gasteiger partial charge in [0, 0.05) is 19.5 Å². The second-order valence-electron chi connectivity index (χ2n) is 6.61. The number of amides is 1. The zero-order valence-electron chi connectivity index (χ0n) is 18.0. The topological polar surface area (TPSA) is 74.3 Å². The first-order chi connectivity index (χ1) is 14.5. The maximum absolute atomic E-state index is 12.5. The van der Waals surface area contributed by atoms with Crippen molar-refractivity contribution in [1.29, 1.82) is 0 Å². The van der Waals surface area contributed by atoms with Gasteiger partial charge in [-0.25, -0.2) is 0 Å². The highest BCUT2D eigenvalue weighted by Gasteiger charge is 2.16. The summed E-state index contributed by atoms with van der Waals surface area (Å²) in [5.74, 6) is 1.34. The quantitative estimate of drug-likeness (QED) is 0.525. The molecule has 0 atom stereocenters. The molecule has 1 amide bonds. The van der Waals surface area contributed by atoms with Crippen LogP contribution in [-0.2, 0) is 27.3 Å². The van der Waals surface area contributed by atoms with E-state index in [2.05, 4.69) is 0 Å². The van der Waals surface area contributed by atoms with Gasteiger partial charge in [-0.3, -0.25) is 9.59 Å². The van der Waals surface area contributed by atoms with Gasteiger partial charge in [0.2, 0.25) is 0 Å². The predicted molar refractivity (Wildman–Crippen MR) is 113 cm³/mol. The van der Waals surface area contributed by atoms with E-state index in [-0.39, 0.29) is 18.9 Å². The summed E-state index contributed by atoms with van der Waals surface area (Å²) in [6.07, 6.45) is 0.752. The fourth-order valence-corrected chi connectivity index (χ4v) is 2.92. The molecule has 0 aromatic heterocycles. The molecule has 2 aromatic rings. The zero-order valence-corrected chi connectivity index (χ0v) is 18.0. The molecule has 0 aliphatic rings. The lowest BCUT2D eigenvalue weighted by Gasteiger charge is -2.21. The molecule has 30 heavy (non-hydrogen) atoms. The van der Waals surface area contributed by atoms with Gasteiger partial charge in [0.15, 0.2) is 18.1 Å². The third-order valence-corrected chi connectivity index (χ3v) is 4.69. The van der Waals surface area contributed by atoms with Crippen LogP contribution in [0.15, 0.2) is 42.5 Å². The number of methoxy groups -OCH3 is 3. The number of nitrogens with zero attached hydrogens (tertiary/aromatic N) is 1. The van der Waals surface area contributed by atoms with Crippen molar-refractivity contribution in [3.8, 4) is 17.2 Å². The second-order valence-corrected chi connectivity index (χ2v) is 6.61. The van der Waals surface area contributed by atoms with Crippen LogP contribution in [-0.4, -0.2) is 51.3 Å². The first-order valence-corrected chi connectivity index (χ1v) is 9.77. The van der Waals surface area contributed by atoms with Crippen LogP contribution in [0.4, 0.5) is 0 Å². The molecule has 0 aliphatic heterocycles. The maximum atomic E-state index is 12.5. The zero-order chi connectivity index (χ0) is 21.9. The summed E-state index contributed by atoms with van der Waals surface area (Å²) in [6.45, 7) is 2.49. The number of hydrogen-bond donors (Lipinski definition) is 0. The first kappa shape index (κ1) is 23.1. The lowest BCUT2D eigenvalue weighted by atomic mass is 10.1. The predicted octanol–water partition coefficient (Wildman–Crippen LogP) is 3.24. The number of aryl methyl sites for hydroxylation is 1. The molecule has 0 aliphatic carbocycles. The van der Waals surface area contributed by atoms with E-state index in [1.165, 1.54) is 0 Å². The normalized spacial score (nSPS) is 10.3. The fraction of sp³-hybridized carbons (Fsp3) is 0.391. The number of likely N-dealkylation sites (N-methyl/N-ethyl adjacent to an activating group) is 1. The number of hydrogen-bond acceptors (Lipinski definition) is 6. The van der Waals surface area contributed by atoms with Crippen LogP contribution in [0.1, 0.15) is 24.5 Å². The van der Waals surface area contributed by atoms with Crippen molar-refractivity contribution in [2.45, 2.75) is 26.3 Å². The second kappa shape index (κ2) is 11.7. The van der Waals surface area contributed by atoms with Crippen molar-refractivity contribution >= 4 is 11.9 Å². The molecule has 0 heterocycles. The van der Waals surface area contributed by atoms with Crippen LogP contribution >= 0.6 is 0 Å². The molecule has 7 heteroatoms. The van der Waals surface area contributed by atoms with Gasteiger partial charge in [0.05, 0.1) is 21.3 Å². The van der Waals surface area contributed by atoms with Crippen LogP contribution in [0.25, 0.3) is 0 Å². The van der Waals surface area contributed by atoms with Gasteiger partial charge < -0.3 is 23.8 Å². The maximum Gasteiger partial charge on any atom is 0.306 e. The molecule has 0 fully saturated rings. The SMILES string of the molecule is CCN(Cc1ccc(OC)c(OC)c1)C(=O)COC(=O)CCc1ccc(OC)cc1. The Balaban J connectivity index is 1.83. The van der Waals surface area contributed by atoms with Crippen molar-refractivity contribution in [2.75, 3.05) is 34.5 Å². The fourth-order valence-electron chi connectivity index (χ4n) is 2.92. The molecule has 0 saturated heterocycles. The van der Waals surface area contributed by atoms with Crippen molar-refractivity contribution in [2.24, 2.45) is 0 Å². The van der Waals surface area contributed by atoms with E-state index in [4.69, 9.17) is 18.9 Å². The van der Waals surface area contributed by atoms with Crippen molar-refractivity contribution < 1.29 is 28.5 Å². The van der Waals surface area contributed by atoms with Gasteiger partial charge in [-0.2, -0.15) is 0 Å². The van der Waals surface area contributed by atoms with E-state index in [0.717, 1.165) is 16.9 Å². The van der Waals surface area contributed by atoms with Gasteiger partial charge in [0.25, 0.3) is 5.91 Å². The summed E-state index contributed by atoms with van der Waals surface area (Å²) >= 11 is 0. The van der Waals surface area contributed by atoms with Gasteiger partial charge in [-0.05, 0) is 48.7 Å². The minimum atomic E-state index is -0.402. The summed E-state index contributed by atoms with van der Waals surface area (Å²) in [4.78, 5) is 26.1.